The van der Waals surface area contributed by atoms with Gasteiger partial charge in [-0.15, -0.1) is 0 Å². The first-order valence-electron chi connectivity index (χ1n) is 26.4. The van der Waals surface area contributed by atoms with Crippen LogP contribution in [0.25, 0.3) is 0 Å². The van der Waals surface area contributed by atoms with Crippen molar-refractivity contribution in [3.8, 4) is 0 Å². The Kier molecular flexibility index (Phi) is 44.0. The van der Waals surface area contributed by atoms with Crippen molar-refractivity contribution in [1.29, 1.82) is 0 Å². The molecule has 0 radical (unpaired) electrons. The Labute approximate surface area is 385 Å². The summed E-state index contributed by atoms with van der Waals surface area (Å²) < 4.78 is 23.6. The molecular formula is C53H104N2O6P+. The number of phosphoric acid groups is 1. The van der Waals surface area contributed by atoms with Crippen LogP contribution in [0.5, 0.6) is 0 Å². The van der Waals surface area contributed by atoms with Gasteiger partial charge in [0.2, 0.25) is 5.91 Å². The molecule has 8 nitrogen and oxygen atoms in total. The van der Waals surface area contributed by atoms with Gasteiger partial charge in [0.1, 0.15) is 13.2 Å². The number of unbranched alkanes of at least 4 members (excludes halogenated alkanes) is 31. The average Bonchev–Trinajstić information content (AvgIpc) is 3.23. The van der Waals surface area contributed by atoms with Crippen LogP contribution in [0.4, 0.5) is 0 Å². The van der Waals surface area contributed by atoms with Crippen LogP contribution in [0.15, 0.2) is 36.5 Å². The molecule has 0 aliphatic carbocycles. The van der Waals surface area contributed by atoms with Crippen molar-refractivity contribution in [3.05, 3.63) is 36.5 Å². The lowest BCUT2D eigenvalue weighted by molar-refractivity contribution is -0.870. The fraction of sp³-hybridized carbons (Fsp3) is 0.868. The molecular weight excluding hydrogens is 792 g/mol. The SMILES string of the molecule is CCCCCCCC/C=C\CCCCCCCCCCCC(=O)NC(COP(=O)(O)OCC[N+](C)(C)C)C(O)/C=C/CC/C=C/CCCCCCCCCCCCCCCCC. The second-order valence-corrected chi connectivity index (χ2v) is 20.7. The first kappa shape index (κ1) is 60.7. The molecule has 0 aromatic carbocycles. The summed E-state index contributed by atoms with van der Waals surface area (Å²) in [5.41, 5.74) is 0. The molecule has 3 unspecified atom stereocenters. The van der Waals surface area contributed by atoms with Gasteiger partial charge < -0.3 is 19.8 Å². The number of aliphatic hydroxyl groups excluding tert-OH is 1. The first-order valence-corrected chi connectivity index (χ1v) is 27.9. The molecule has 0 rings (SSSR count). The highest BCUT2D eigenvalue weighted by Crippen LogP contribution is 2.43. The predicted molar refractivity (Wildman–Crippen MR) is 268 cm³/mol. The maximum atomic E-state index is 12.9. The third kappa shape index (κ3) is 46.7. The molecule has 0 saturated heterocycles. The van der Waals surface area contributed by atoms with E-state index in [-0.39, 0.29) is 19.1 Å². The van der Waals surface area contributed by atoms with Crippen molar-refractivity contribution >= 4 is 13.7 Å². The molecule has 3 N–H and O–H groups in total. The van der Waals surface area contributed by atoms with E-state index in [0.717, 1.165) is 38.5 Å². The summed E-state index contributed by atoms with van der Waals surface area (Å²) in [6.45, 7) is 4.81. The molecule has 366 valence electrons. The fourth-order valence-corrected chi connectivity index (χ4v) is 8.38. The molecule has 0 aromatic heterocycles. The lowest BCUT2D eigenvalue weighted by Crippen LogP contribution is -2.45. The summed E-state index contributed by atoms with van der Waals surface area (Å²) in [5, 5.41) is 13.9. The smallest absolute Gasteiger partial charge is 0.387 e. The molecule has 0 bridgehead atoms. The minimum atomic E-state index is -4.35. The van der Waals surface area contributed by atoms with E-state index in [9.17, 15) is 19.4 Å². The topological polar surface area (TPSA) is 105 Å². The molecule has 0 saturated carbocycles. The fourth-order valence-electron chi connectivity index (χ4n) is 7.64. The molecule has 0 aliphatic rings. The minimum Gasteiger partial charge on any atom is -0.387 e. The van der Waals surface area contributed by atoms with Crippen LogP contribution in [0.3, 0.4) is 0 Å². The number of allylic oxidation sites excluding steroid dienone is 5. The lowest BCUT2D eigenvalue weighted by Gasteiger charge is -2.25. The molecule has 0 spiro atoms. The highest BCUT2D eigenvalue weighted by atomic mass is 31.2. The lowest BCUT2D eigenvalue weighted by atomic mass is 10.0. The predicted octanol–water partition coefficient (Wildman–Crippen LogP) is 15.4. The van der Waals surface area contributed by atoms with Crippen molar-refractivity contribution in [2.75, 3.05) is 40.9 Å². The van der Waals surface area contributed by atoms with Crippen LogP contribution >= 0.6 is 7.82 Å². The number of carbonyl (C=O) groups excluding carboxylic acids is 1. The summed E-state index contributed by atoms with van der Waals surface area (Å²) in [6, 6.07) is -0.863. The Morgan fingerprint density at radius 3 is 1.29 bits per heavy atom. The van der Waals surface area contributed by atoms with E-state index in [1.807, 2.05) is 27.2 Å². The Hall–Kier alpha value is -1.28. The third-order valence-electron chi connectivity index (χ3n) is 11.8. The third-order valence-corrected chi connectivity index (χ3v) is 12.8. The van der Waals surface area contributed by atoms with E-state index in [2.05, 4.69) is 43.5 Å². The maximum Gasteiger partial charge on any atom is 0.472 e. The van der Waals surface area contributed by atoms with E-state index < -0.39 is 20.0 Å². The number of nitrogens with one attached hydrogen (secondary N) is 1. The molecule has 62 heavy (non-hydrogen) atoms. The molecule has 0 fully saturated rings. The van der Waals surface area contributed by atoms with Gasteiger partial charge in [-0.1, -0.05) is 217 Å². The summed E-state index contributed by atoms with van der Waals surface area (Å²) >= 11 is 0. The Bertz CT molecular complexity index is 1110. The Morgan fingerprint density at radius 2 is 0.887 bits per heavy atom. The van der Waals surface area contributed by atoms with Gasteiger partial charge in [-0.25, -0.2) is 4.57 Å². The van der Waals surface area contributed by atoms with Crippen molar-refractivity contribution in [1.82, 2.24) is 5.32 Å². The standard InChI is InChI=1S/C53H103N2O6P/c1-6-8-10-12-14-16-18-20-22-24-26-27-29-30-32-34-36-38-40-42-44-46-52(56)51(50-61-62(58,59)60-49-48-55(3,4)5)54-53(57)47-45-43-41-39-37-35-33-31-28-25-23-21-19-17-15-13-11-9-7-2/h21,23,36,38,44,46,51-52,56H,6-20,22,24-35,37,39-43,45,47-50H2,1-5H3,(H-,54,57,58,59)/p+1/b23-21-,38-36+,46-44+. The van der Waals surface area contributed by atoms with E-state index >= 15 is 0 Å². The van der Waals surface area contributed by atoms with Crippen LogP contribution in [0, 0.1) is 0 Å². The van der Waals surface area contributed by atoms with Crippen molar-refractivity contribution < 1.29 is 32.9 Å². The van der Waals surface area contributed by atoms with Gasteiger partial charge in [-0.2, -0.15) is 0 Å². The van der Waals surface area contributed by atoms with Gasteiger partial charge in [-0.3, -0.25) is 13.8 Å². The van der Waals surface area contributed by atoms with E-state index in [1.54, 1.807) is 6.08 Å². The minimum absolute atomic E-state index is 0.0563. The molecule has 1 amide bonds. The number of amides is 1. The highest BCUT2D eigenvalue weighted by Gasteiger charge is 2.27. The summed E-state index contributed by atoms with van der Waals surface area (Å²) in [7, 11) is 1.56. The van der Waals surface area contributed by atoms with Gasteiger partial charge >= 0.3 is 7.82 Å². The van der Waals surface area contributed by atoms with Crippen LogP contribution in [0.2, 0.25) is 0 Å². The van der Waals surface area contributed by atoms with Gasteiger partial charge in [0.05, 0.1) is 39.9 Å². The zero-order chi connectivity index (χ0) is 45.7. The summed E-state index contributed by atoms with van der Waals surface area (Å²) in [5.74, 6) is -0.187. The van der Waals surface area contributed by atoms with Gasteiger partial charge in [0.15, 0.2) is 0 Å². The highest BCUT2D eigenvalue weighted by molar-refractivity contribution is 7.47. The van der Waals surface area contributed by atoms with E-state index in [4.69, 9.17) is 9.05 Å². The zero-order valence-electron chi connectivity index (χ0n) is 41.6. The number of aliphatic hydroxyl groups is 1. The van der Waals surface area contributed by atoms with E-state index in [1.165, 1.54) is 186 Å². The second kappa shape index (κ2) is 44.9. The second-order valence-electron chi connectivity index (χ2n) is 19.2. The van der Waals surface area contributed by atoms with Crippen LogP contribution in [-0.4, -0.2) is 73.4 Å². The normalized spacial score (nSPS) is 14.4. The van der Waals surface area contributed by atoms with E-state index in [0.29, 0.717) is 17.4 Å². The Balaban J connectivity index is 4.34. The number of phosphoric ester groups is 1. The number of rotatable bonds is 48. The number of carbonyl (C=O) groups is 1. The molecule has 0 aromatic rings. The largest absolute Gasteiger partial charge is 0.472 e. The number of hydrogen-bond acceptors (Lipinski definition) is 5. The molecule has 0 aliphatic heterocycles. The van der Waals surface area contributed by atoms with Crippen molar-refractivity contribution in [2.45, 2.75) is 257 Å². The average molecular weight is 896 g/mol. The molecule has 0 heterocycles. The van der Waals surface area contributed by atoms with Crippen molar-refractivity contribution in [2.24, 2.45) is 0 Å². The van der Waals surface area contributed by atoms with Crippen LogP contribution in [-0.2, 0) is 18.4 Å². The zero-order valence-corrected chi connectivity index (χ0v) is 42.5. The van der Waals surface area contributed by atoms with Gasteiger partial charge in [-0.05, 0) is 57.8 Å². The molecule has 3 atom stereocenters. The van der Waals surface area contributed by atoms with Crippen molar-refractivity contribution in [3.63, 3.8) is 0 Å². The molecule has 9 heteroatoms. The number of hydrogen-bond donors (Lipinski definition) is 3. The first-order chi connectivity index (χ1) is 30.0. The van der Waals surface area contributed by atoms with Gasteiger partial charge in [0, 0.05) is 6.42 Å². The quantitative estimate of drug-likeness (QED) is 0.0243. The summed E-state index contributed by atoms with van der Waals surface area (Å²) in [4.78, 5) is 23.2. The number of likely N-dealkylation sites (N-methyl/N-ethyl adjacent to an activating group) is 1. The number of nitrogens with zero attached hydrogens (tertiary/aromatic N) is 1. The monoisotopic (exact) mass is 896 g/mol. The summed E-state index contributed by atoms with van der Waals surface area (Å²) in [6.07, 6.45) is 56.6. The Morgan fingerprint density at radius 1 is 0.532 bits per heavy atom. The maximum absolute atomic E-state index is 12.9. The van der Waals surface area contributed by atoms with Gasteiger partial charge in [0.25, 0.3) is 0 Å². The number of quaternary nitrogens is 1. The van der Waals surface area contributed by atoms with Crippen LogP contribution in [0.1, 0.15) is 245 Å². The van der Waals surface area contributed by atoms with Crippen LogP contribution < -0.4 is 5.32 Å².